The van der Waals surface area contributed by atoms with E-state index in [1.165, 1.54) is 7.11 Å². The molecule has 0 saturated heterocycles. The largest absolute Gasteiger partial charge is 0.464 e. The zero-order valence-corrected chi connectivity index (χ0v) is 8.13. The van der Waals surface area contributed by atoms with Gasteiger partial charge in [-0.1, -0.05) is 11.6 Å². The highest BCUT2D eigenvalue weighted by Crippen LogP contribution is 2.20. The van der Waals surface area contributed by atoms with Crippen LogP contribution in [0.4, 0.5) is 0 Å². The number of fused-ring (bicyclic) bond motifs is 1. The lowest BCUT2D eigenvalue weighted by Gasteiger charge is -1.94. The summed E-state index contributed by atoms with van der Waals surface area (Å²) in [5.74, 6) is -0.474. The zero-order chi connectivity index (χ0) is 10.1. The molecule has 1 aromatic carbocycles. The molecule has 1 heterocycles. The van der Waals surface area contributed by atoms with E-state index in [2.05, 4.69) is 14.9 Å². The molecule has 4 nitrogen and oxygen atoms in total. The van der Waals surface area contributed by atoms with Crippen LogP contribution in [0.3, 0.4) is 0 Å². The van der Waals surface area contributed by atoms with Crippen molar-refractivity contribution in [3.8, 4) is 0 Å². The number of ether oxygens (including phenoxy) is 1. The Morgan fingerprint density at radius 1 is 1.57 bits per heavy atom. The molecule has 2 rings (SSSR count). The Labute approximate surface area is 84.8 Å². The number of nitrogens with zero attached hydrogens (tertiary/aromatic N) is 1. The summed E-state index contributed by atoms with van der Waals surface area (Å²) < 4.78 is 4.58. The lowest BCUT2D eigenvalue weighted by atomic mass is 10.2. The Morgan fingerprint density at radius 2 is 2.36 bits per heavy atom. The topological polar surface area (TPSA) is 55.0 Å². The molecule has 1 aromatic heterocycles. The van der Waals surface area contributed by atoms with Crippen LogP contribution in [0, 0.1) is 0 Å². The highest BCUT2D eigenvalue weighted by Gasteiger charge is 2.14. The van der Waals surface area contributed by atoms with E-state index >= 15 is 0 Å². The van der Waals surface area contributed by atoms with E-state index in [1.54, 1.807) is 18.2 Å². The summed E-state index contributed by atoms with van der Waals surface area (Å²) in [4.78, 5) is 11.3. The molecule has 0 radical (unpaired) electrons. The predicted molar refractivity (Wildman–Crippen MR) is 52.4 cm³/mol. The van der Waals surface area contributed by atoms with Crippen molar-refractivity contribution in [1.82, 2.24) is 10.2 Å². The van der Waals surface area contributed by atoms with Crippen molar-refractivity contribution in [2.75, 3.05) is 7.11 Å². The normalized spacial score (nSPS) is 10.4. The molecule has 0 aliphatic rings. The molecule has 2 aromatic rings. The van der Waals surface area contributed by atoms with E-state index < -0.39 is 5.97 Å². The van der Waals surface area contributed by atoms with Gasteiger partial charge in [-0.05, 0) is 18.2 Å². The molecule has 0 atom stereocenters. The van der Waals surface area contributed by atoms with Gasteiger partial charge in [-0.15, -0.1) is 0 Å². The van der Waals surface area contributed by atoms with Crippen molar-refractivity contribution in [3.63, 3.8) is 0 Å². The summed E-state index contributed by atoms with van der Waals surface area (Å²) in [7, 11) is 1.31. The molecule has 72 valence electrons. The van der Waals surface area contributed by atoms with E-state index in [-0.39, 0.29) is 5.69 Å². The third-order valence-corrected chi connectivity index (χ3v) is 2.14. The molecule has 0 unspecified atom stereocenters. The lowest BCUT2D eigenvalue weighted by molar-refractivity contribution is 0.0596. The molecule has 0 fully saturated rings. The Bertz CT molecular complexity index is 493. The van der Waals surface area contributed by atoms with E-state index in [4.69, 9.17) is 11.6 Å². The third kappa shape index (κ3) is 1.33. The highest BCUT2D eigenvalue weighted by molar-refractivity contribution is 6.31. The molecule has 0 aliphatic heterocycles. The first-order chi connectivity index (χ1) is 6.72. The molecular formula is C9H7ClN2O2. The van der Waals surface area contributed by atoms with Gasteiger partial charge in [0.2, 0.25) is 0 Å². The minimum Gasteiger partial charge on any atom is -0.464 e. The SMILES string of the molecule is COC(=O)c1n[nH]c2ccc(Cl)cc12. The Morgan fingerprint density at radius 3 is 3.07 bits per heavy atom. The summed E-state index contributed by atoms with van der Waals surface area (Å²) in [5, 5.41) is 7.80. The van der Waals surface area contributed by atoms with Crippen LogP contribution in [0.2, 0.25) is 5.02 Å². The molecule has 0 saturated carbocycles. The second-order valence-corrected chi connectivity index (χ2v) is 3.19. The van der Waals surface area contributed by atoms with Crippen LogP contribution in [0.25, 0.3) is 10.9 Å². The maximum absolute atomic E-state index is 11.3. The number of hydrogen-bond donors (Lipinski definition) is 1. The molecular weight excluding hydrogens is 204 g/mol. The number of aromatic nitrogens is 2. The fraction of sp³-hybridized carbons (Fsp3) is 0.111. The quantitative estimate of drug-likeness (QED) is 0.733. The Hall–Kier alpha value is -1.55. The van der Waals surface area contributed by atoms with Gasteiger partial charge in [0, 0.05) is 10.4 Å². The van der Waals surface area contributed by atoms with E-state index in [9.17, 15) is 4.79 Å². The number of halogens is 1. The smallest absolute Gasteiger partial charge is 0.359 e. The van der Waals surface area contributed by atoms with E-state index in [0.29, 0.717) is 10.4 Å². The van der Waals surface area contributed by atoms with Crippen LogP contribution in [-0.4, -0.2) is 23.3 Å². The van der Waals surface area contributed by atoms with Gasteiger partial charge in [-0.25, -0.2) is 4.79 Å². The number of esters is 1. The Balaban J connectivity index is 2.67. The van der Waals surface area contributed by atoms with Gasteiger partial charge in [0.05, 0.1) is 12.6 Å². The maximum Gasteiger partial charge on any atom is 0.359 e. The third-order valence-electron chi connectivity index (χ3n) is 1.90. The monoisotopic (exact) mass is 210 g/mol. The number of H-pyrrole nitrogens is 1. The fourth-order valence-corrected chi connectivity index (χ4v) is 1.41. The number of nitrogens with one attached hydrogen (secondary N) is 1. The molecule has 0 spiro atoms. The van der Waals surface area contributed by atoms with Crippen molar-refractivity contribution in [2.45, 2.75) is 0 Å². The second kappa shape index (κ2) is 3.31. The van der Waals surface area contributed by atoms with Crippen LogP contribution in [-0.2, 0) is 4.74 Å². The van der Waals surface area contributed by atoms with Gasteiger partial charge >= 0.3 is 5.97 Å². The average molecular weight is 211 g/mol. The minimum atomic E-state index is -0.474. The summed E-state index contributed by atoms with van der Waals surface area (Å²) in [6.45, 7) is 0. The summed E-state index contributed by atoms with van der Waals surface area (Å²) >= 11 is 5.80. The number of methoxy groups -OCH3 is 1. The van der Waals surface area contributed by atoms with Gasteiger partial charge in [0.15, 0.2) is 5.69 Å². The van der Waals surface area contributed by atoms with E-state index in [0.717, 1.165) is 5.52 Å². The van der Waals surface area contributed by atoms with Gasteiger partial charge in [0.25, 0.3) is 0 Å². The summed E-state index contributed by atoms with van der Waals surface area (Å²) in [6, 6.07) is 5.16. The van der Waals surface area contributed by atoms with Crippen molar-refractivity contribution >= 4 is 28.5 Å². The first-order valence-corrected chi connectivity index (χ1v) is 4.32. The summed E-state index contributed by atoms with van der Waals surface area (Å²) in [6.07, 6.45) is 0. The zero-order valence-electron chi connectivity index (χ0n) is 7.37. The molecule has 5 heteroatoms. The van der Waals surface area contributed by atoms with Gasteiger partial charge in [0.1, 0.15) is 0 Å². The molecule has 0 aliphatic carbocycles. The van der Waals surface area contributed by atoms with Crippen molar-refractivity contribution < 1.29 is 9.53 Å². The predicted octanol–water partition coefficient (Wildman–Crippen LogP) is 2.00. The van der Waals surface area contributed by atoms with Crippen molar-refractivity contribution in [1.29, 1.82) is 0 Å². The molecule has 1 N–H and O–H groups in total. The minimum absolute atomic E-state index is 0.255. The van der Waals surface area contributed by atoms with Gasteiger partial charge in [-0.3, -0.25) is 5.10 Å². The standard InChI is InChI=1S/C9H7ClN2O2/c1-14-9(13)8-6-4-5(10)2-3-7(6)11-12-8/h2-4H,1H3,(H,11,12). The first-order valence-electron chi connectivity index (χ1n) is 3.94. The van der Waals surface area contributed by atoms with Crippen LogP contribution in [0.5, 0.6) is 0 Å². The number of hydrogen-bond acceptors (Lipinski definition) is 3. The van der Waals surface area contributed by atoms with Crippen LogP contribution >= 0.6 is 11.6 Å². The lowest BCUT2D eigenvalue weighted by Crippen LogP contribution is -2.01. The number of carbonyl (C=O) groups excluding carboxylic acids is 1. The second-order valence-electron chi connectivity index (χ2n) is 2.75. The van der Waals surface area contributed by atoms with Crippen LogP contribution in [0.1, 0.15) is 10.5 Å². The van der Waals surface area contributed by atoms with Crippen molar-refractivity contribution in [3.05, 3.63) is 28.9 Å². The maximum atomic E-state index is 11.3. The average Bonchev–Trinajstić information content (AvgIpc) is 2.59. The van der Waals surface area contributed by atoms with Gasteiger partial charge in [-0.2, -0.15) is 5.10 Å². The fourth-order valence-electron chi connectivity index (χ4n) is 1.24. The number of benzene rings is 1. The van der Waals surface area contributed by atoms with Crippen LogP contribution in [0.15, 0.2) is 18.2 Å². The summed E-state index contributed by atoms with van der Waals surface area (Å²) in [5.41, 5.74) is 1.01. The van der Waals surface area contributed by atoms with E-state index in [1.807, 2.05) is 0 Å². The first kappa shape index (κ1) is 9.02. The Kier molecular flexibility index (Phi) is 2.13. The van der Waals surface area contributed by atoms with Crippen LogP contribution < -0.4 is 0 Å². The number of rotatable bonds is 1. The number of aromatic amines is 1. The number of carbonyl (C=O) groups is 1. The molecule has 0 bridgehead atoms. The van der Waals surface area contributed by atoms with Gasteiger partial charge < -0.3 is 4.74 Å². The molecule has 14 heavy (non-hydrogen) atoms. The molecule has 0 amide bonds. The van der Waals surface area contributed by atoms with Crippen molar-refractivity contribution in [2.24, 2.45) is 0 Å². The highest BCUT2D eigenvalue weighted by atomic mass is 35.5.